The molecule has 2 aromatic carbocycles. The van der Waals surface area contributed by atoms with E-state index in [9.17, 15) is 8.42 Å². The second-order valence-electron chi connectivity index (χ2n) is 5.94. The average molecular weight is 416 g/mol. The lowest BCUT2D eigenvalue weighted by Gasteiger charge is -2.11. The minimum absolute atomic E-state index is 0.163. The standard InChI is InChI=1S/C19H14ClN3O2S2/c1-12-4-7-14(20)11-17(12)27(24,25)23-15-8-5-13(6-9-15)18-22-16-3-2-10-21-19(16)26-18/h2-11,23H,1H3. The zero-order valence-corrected chi connectivity index (χ0v) is 16.6. The summed E-state index contributed by atoms with van der Waals surface area (Å²) in [6.45, 7) is 1.73. The molecule has 0 aliphatic rings. The third-order valence-electron chi connectivity index (χ3n) is 3.99. The number of nitrogens with zero attached hydrogens (tertiary/aromatic N) is 2. The molecule has 0 spiro atoms. The molecule has 0 atom stereocenters. The first-order valence-corrected chi connectivity index (χ1v) is 10.7. The van der Waals surface area contributed by atoms with Crippen LogP contribution in [0.25, 0.3) is 20.9 Å². The number of benzene rings is 2. The van der Waals surface area contributed by atoms with Crippen LogP contribution >= 0.6 is 22.9 Å². The summed E-state index contributed by atoms with van der Waals surface area (Å²) in [5.41, 5.74) is 2.85. The third kappa shape index (κ3) is 3.66. The van der Waals surface area contributed by atoms with Crippen LogP contribution in [0.5, 0.6) is 0 Å². The van der Waals surface area contributed by atoms with Gasteiger partial charge in [-0.25, -0.2) is 18.4 Å². The summed E-state index contributed by atoms with van der Waals surface area (Å²) >= 11 is 7.44. The highest BCUT2D eigenvalue weighted by Crippen LogP contribution is 2.30. The highest BCUT2D eigenvalue weighted by Gasteiger charge is 2.17. The molecule has 5 nitrogen and oxygen atoms in total. The lowest BCUT2D eigenvalue weighted by Crippen LogP contribution is -2.14. The van der Waals surface area contributed by atoms with Crippen molar-refractivity contribution < 1.29 is 8.42 Å². The van der Waals surface area contributed by atoms with E-state index in [-0.39, 0.29) is 4.90 Å². The highest BCUT2D eigenvalue weighted by molar-refractivity contribution is 7.92. The van der Waals surface area contributed by atoms with Gasteiger partial charge in [-0.2, -0.15) is 0 Å². The van der Waals surface area contributed by atoms with Gasteiger partial charge in [0.05, 0.1) is 4.90 Å². The number of hydrogen-bond acceptors (Lipinski definition) is 5. The Morgan fingerprint density at radius 2 is 1.85 bits per heavy atom. The molecular formula is C19H14ClN3O2S2. The zero-order chi connectivity index (χ0) is 19.0. The van der Waals surface area contributed by atoms with Crippen LogP contribution < -0.4 is 4.72 Å². The van der Waals surface area contributed by atoms with E-state index >= 15 is 0 Å². The summed E-state index contributed by atoms with van der Waals surface area (Å²) in [4.78, 5) is 9.89. The molecule has 0 aliphatic carbocycles. The first-order chi connectivity index (χ1) is 12.9. The monoisotopic (exact) mass is 415 g/mol. The smallest absolute Gasteiger partial charge is 0.262 e. The number of nitrogens with one attached hydrogen (secondary N) is 1. The second kappa shape index (κ2) is 6.92. The summed E-state index contributed by atoms with van der Waals surface area (Å²) in [6, 6.07) is 15.7. The number of aromatic nitrogens is 2. The lowest BCUT2D eigenvalue weighted by molar-refractivity contribution is 0.600. The molecule has 4 aromatic rings. The molecule has 0 saturated carbocycles. The van der Waals surface area contributed by atoms with Gasteiger partial charge in [0.1, 0.15) is 15.4 Å². The number of pyridine rings is 1. The summed E-state index contributed by atoms with van der Waals surface area (Å²) in [7, 11) is -3.72. The number of thiazole rings is 1. The first kappa shape index (κ1) is 17.9. The Balaban J connectivity index is 1.61. The largest absolute Gasteiger partial charge is 0.280 e. The molecule has 0 unspecified atom stereocenters. The Morgan fingerprint density at radius 3 is 2.59 bits per heavy atom. The minimum Gasteiger partial charge on any atom is -0.280 e. The van der Waals surface area contributed by atoms with Crippen LogP contribution in [0.1, 0.15) is 5.56 Å². The minimum atomic E-state index is -3.72. The summed E-state index contributed by atoms with van der Waals surface area (Å²) in [6.07, 6.45) is 1.74. The molecule has 0 saturated heterocycles. The van der Waals surface area contributed by atoms with Crippen molar-refractivity contribution in [1.29, 1.82) is 0 Å². The van der Waals surface area contributed by atoms with Crippen molar-refractivity contribution in [2.45, 2.75) is 11.8 Å². The van der Waals surface area contributed by atoms with Crippen molar-refractivity contribution in [2.75, 3.05) is 4.72 Å². The molecule has 27 heavy (non-hydrogen) atoms. The maximum absolute atomic E-state index is 12.7. The van der Waals surface area contributed by atoms with Crippen LogP contribution in [0, 0.1) is 6.92 Å². The molecule has 2 heterocycles. The van der Waals surface area contributed by atoms with Crippen LogP contribution in [0.4, 0.5) is 5.69 Å². The van der Waals surface area contributed by atoms with Crippen molar-refractivity contribution in [1.82, 2.24) is 9.97 Å². The van der Waals surface area contributed by atoms with Gasteiger partial charge < -0.3 is 0 Å². The molecule has 0 amide bonds. The number of anilines is 1. The number of hydrogen-bond donors (Lipinski definition) is 1. The fraction of sp³-hybridized carbons (Fsp3) is 0.0526. The van der Waals surface area contributed by atoms with Crippen molar-refractivity contribution >= 4 is 49.0 Å². The Hall–Kier alpha value is -2.48. The van der Waals surface area contributed by atoms with Crippen LogP contribution in [0.3, 0.4) is 0 Å². The number of fused-ring (bicyclic) bond motifs is 1. The molecule has 2 aromatic heterocycles. The van der Waals surface area contributed by atoms with E-state index in [1.165, 1.54) is 17.4 Å². The van der Waals surface area contributed by atoms with Crippen LogP contribution in [-0.2, 0) is 10.0 Å². The molecule has 8 heteroatoms. The van der Waals surface area contributed by atoms with E-state index in [1.807, 2.05) is 24.3 Å². The van der Waals surface area contributed by atoms with E-state index in [2.05, 4.69) is 14.7 Å². The van der Waals surface area contributed by atoms with Crippen molar-refractivity contribution in [3.05, 3.63) is 71.4 Å². The van der Waals surface area contributed by atoms with E-state index in [0.29, 0.717) is 16.3 Å². The van der Waals surface area contributed by atoms with Crippen molar-refractivity contribution in [3.8, 4) is 10.6 Å². The molecule has 4 rings (SSSR count). The van der Waals surface area contributed by atoms with Crippen LogP contribution in [-0.4, -0.2) is 18.4 Å². The van der Waals surface area contributed by atoms with Crippen molar-refractivity contribution in [2.24, 2.45) is 0 Å². The van der Waals surface area contributed by atoms with Crippen LogP contribution in [0.15, 0.2) is 65.7 Å². The average Bonchev–Trinajstić information content (AvgIpc) is 3.08. The predicted octanol–water partition coefficient (Wildman–Crippen LogP) is 5.12. The van der Waals surface area contributed by atoms with E-state index in [4.69, 9.17) is 11.6 Å². The number of sulfonamides is 1. The third-order valence-corrected chi connectivity index (χ3v) is 6.78. The Labute approximate surface area is 165 Å². The summed E-state index contributed by atoms with van der Waals surface area (Å²) in [5, 5.41) is 1.21. The van der Waals surface area contributed by atoms with Gasteiger partial charge in [0.15, 0.2) is 0 Å². The quantitative estimate of drug-likeness (QED) is 0.502. The Morgan fingerprint density at radius 1 is 1.07 bits per heavy atom. The fourth-order valence-electron chi connectivity index (χ4n) is 2.65. The summed E-state index contributed by atoms with van der Waals surface area (Å²) in [5.74, 6) is 0. The van der Waals surface area contributed by atoms with Crippen LogP contribution in [0.2, 0.25) is 5.02 Å². The second-order valence-corrected chi connectivity index (χ2v) is 9.00. The molecular weight excluding hydrogens is 402 g/mol. The van der Waals surface area contributed by atoms with Gasteiger partial charge in [-0.05, 0) is 61.0 Å². The molecule has 136 valence electrons. The maximum Gasteiger partial charge on any atom is 0.262 e. The van der Waals surface area contributed by atoms with Gasteiger partial charge in [0, 0.05) is 22.5 Å². The molecule has 0 aliphatic heterocycles. The number of halogens is 1. The van der Waals surface area contributed by atoms with E-state index in [1.54, 1.807) is 37.4 Å². The highest BCUT2D eigenvalue weighted by atomic mass is 35.5. The lowest BCUT2D eigenvalue weighted by atomic mass is 10.2. The van der Waals surface area contributed by atoms with E-state index < -0.39 is 10.0 Å². The zero-order valence-electron chi connectivity index (χ0n) is 14.2. The normalized spacial score (nSPS) is 11.6. The molecule has 1 N–H and O–H groups in total. The van der Waals surface area contributed by atoms with Gasteiger partial charge in [0.2, 0.25) is 0 Å². The Kier molecular flexibility index (Phi) is 4.59. The van der Waals surface area contributed by atoms with Gasteiger partial charge >= 0.3 is 0 Å². The van der Waals surface area contributed by atoms with Gasteiger partial charge in [-0.1, -0.05) is 29.0 Å². The fourth-order valence-corrected chi connectivity index (χ4v) is 5.13. The van der Waals surface area contributed by atoms with E-state index in [0.717, 1.165) is 20.9 Å². The first-order valence-electron chi connectivity index (χ1n) is 8.03. The summed E-state index contributed by atoms with van der Waals surface area (Å²) < 4.78 is 27.9. The molecule has 0 fully saturated rings. The predicted molar refractivity (Wildman–Crippen MR) is 110 cm³/mol. The van der Waals surface area contributed by atoms with Crippen molar-refractivity contribution in [3.63, 3.8) is 0 Å². The maximum atomic E-state index is 12.7. The number of aryl methyl sites for hydroxylation is 1. The van der Waals surface area contributed by atoms with Gasteiger partial charge in [-0.3, -0.25) is 4.72 Å². The Bertz CT molecular complexity index is 1200. The van der Waals surface area contributed by atoms with Gasteiger partial charge in [-0.15, -0.1) is 0 Å². The SMILES string of the molecule is Cc1ccc(Cl)cc1S(=O)(=O)Nc1ccc(-c2nc3cccnc3s2)cc1. The topological polar surface area (TPSA) is 72.0 Å². The van der Waals surface area contributed by atoms with Gasteiger partial charge in [0.25, 0.3) is 10.0 Å². The molecule has 0 bridgehead atoms. The number of rotatable bonds is 4. The molecule has 0 radical (unpaired) electrons.